The first-order valence-electron chi connectivity index (χ1n) is 4.87. The van der Waals surface area contributed by atoms with Crippen LogP contribution < -0.4 is 4.74 Å². The molecule has 0 aromatic heterocycles. The Labute approximate surface area is 89.1 Å². The summed E-state index contributed by atoms with van der Waals surface area (Å²) in [4.78, 5) is 21.8. The highest BCUT2D eigenvalue weighted by molar-refractivity contribution is 5.77. The van der Waals surface area contributed by atoms with Crippen molar-refractivity contribution in [3.63, 3.8) is 0 Å². The molecule has 0 bridgehead atoms. The molecular weight excluding hydrogens is 192 g/mol. The second-order valence-electron chi connectivity index (χ2n) is 3.76. The third kappa shape index (κ3) is 3.94. The summed E-state index contributed by atoms with van der Waals surface area (Å²) in [5.41, 5.74) is 0.504. The molecule has 3 heteroatoms. The van der Waals surface area contributed by atoms with E-state index < -0.39 is 0 Å². The molecule has 0 fully saturated rings. The lowest BCUT2D eigenvalue weighted by atomic mass is 10.1. The largest absolute Gasteiger partial charge is 0.426 e. The van der Waals surface area contributed by atoms with Crippen LogP contribution in [0.3, 0.4) is 0 Å². The van der Waals surface area contributed by atoms with E-state index in [1.54, 1.807) is 24.3 Å². The van der Waals surface area contributed by atoms with Crippen LogP contribution in [-0.2, 0) is 4.79 Å². The molecule has 0 saturated carbocycles. The molecule has 0 aliphatic rings. The Morgan fingerprint density at radius 2 is 2.20 bits per heavy atom. The highest BCUT2D eigenvalue weighted by Gasteiger charge is 2.07. The Hall–Kier alpha value is -1.64. The van der Waals surface area contributed by atoms with E-state index in [1.165, 1.54) is 0 Å². The molecule has 0 spiro atoms. The summed E-state index contributed by atoms with van der Waals surface area (Å²) in [6, 6.07) is 6.55. The highest BCUT2D eigenvalue weighted by Crippen LogP contribution is 2.13. The van der Waals surface area contributed by atoms with Gasteiger partial charge in [0.2, 0.25) is 0 Å². The number of carbonyl (C=O) groups excluding carboxylic acids is 2. The molecule has 0 heterocycles. The van der Waals surface area contributed by atoms with Crippen molar-refractivity contribution in [1.82, 2.24) is 0 Å². The van der Waals surface area contributed by atoms with E-state index in [0.717, 1.165) is 6.29 Å². The minimum atomic E-state index is -0.270. The number of carbonyl (C=O) groups is 2. The first kappa shape index (κ1) is 11.4. The zero-order chi connectivity index (χ0) is 11.3. The van der Waals surface area contributed by atoms with Gasteiger partial charge in [0.1, 0.15) is 12.0 Å². The third-order valence-electron chi connectivity index (χ3n) is 1.80. The van der Waals surface area contributed by atoms with Gasteiger partial charge >= 0.3 is 5.97 Å². The van der Waals surface area contributed by atoms with E-state index >= 15 is 0 Å². The number of esters is 1. The number of rotatable bonds is 4. The number of benzene rings is 1. The summed E-state index contributed by atoms with van der Waals surface area (Å²) in [5, 5.41) is 0. The predicted molar refractivity (Wildman–Crippen MR) is 56.9 cm³/mol. The van der Waals surface area contributed by atoms with Crippen LogP contribution in [0.25, 0.3) is 0 Å². The topological polar surface area (TPSA) is 43.4 Å². The predicted octanol–water partition coefficient (Wildman–Crippen LogP) is 2.45. The SMILES string of the molecule is CC(C)CC(=O)Oc1cccc(C=O)c1. The van der Waals surface area contributed by atoms with Crippen molar-refractivity contribution >= 4 is 12.3 Å². The minimum Gasteiger partial charge on any atom is -0.426 e. The number of hydrogen-bond donors (Lipinski definition) is 0. The minimum absolute atomic E-state index is 0.270. The molecule has 0 unspecified atom stereocenters. The summed E-state index contributed by atoms with van der Waals surface area (Å²) < 4.78 is 5.07. The van der Waals surface area contributed by atoms with Crippen LogP contribution in [0.5, 0.6) is 5.75 Å². The van der Waals surface area contributed by atoms with E-state index in [2.05, 4.69) is 0 Å². The maximum absolute atomic E-state index is 11.3. The average Bonchev–Trinajstić information content (AvgIpc) is 2.16. The molecule has 0 radical (unpaired) electrons. The van der Waals surface area contributed by atoms with Gasteiger partial charge in [-0.2, -0.15) is 0 Å². The third-order valence-corrected chi connectivity index (χ3v) is 1.80. The molecular formula is C12H14O3. The van der Waals surface area contributed by atoms with Crippen molar-refractivity contribution in [3.8, 4) is 5.75 Å². The van der Waals surface area contributed by atoms with E-state index in [4.69, 9.17) is 4.74 Å². The van der Waals surface area contributed by atoms with Gasteiger partial charge in [0.15, 0.2) is 0 Å². The van der Waals surface area contributed by atoms with Crippen molar-refractivity contribution in [2.24, 2.45) is 5.92 Å². The summed E-state index contributed by atoms with van der Waals surface area (Å²) in [7, 11) is 0. The molecule has 1 aromatic rings. The Bertz CT molecular complexity index is 356. The molecule has 0 aliphatic carbocycles. The Morgan fingerprint density at radius 3 is 2.80 bits per heavy atom. The number of ether oxygens (including phenoxy) is 1. The normalized spacial score (nSPS) is 10.1. The van der Waals surface area contributed by atoms with Gasteiger partial charge in [-0.15, -0.1) is 0 Å². The van der Waals surface area contributed by atoms with E-state index in [9.17, 15) is 9.59 Å². The summed E-state index contributed by atoms with van der Waals surface area (Å²) in [6.07, 6.45) is 1.10. The van der Waals surface area contributed by atoms with Gasteiger partial charge in [0.25, 0.3) is 0 Å². The van der Waals surface area contributed by atoms with Gasteiger partial charge in [-0.25, -0.2) is 0 Å². The van der Waals surface area contributed by atoms with Crippen LogP contribution in [-0.4, -0.2) is 12.3 Å². The molecule has 0 N–H and O–H groups in total. The second-order valence-corrected chi connectivity index (χ2v) is 3.76. The quantitative estimate of drug-likeness (QED) is 0.431. The first-order valence-corrected chi connectivity index (χ1v) is 4.87. The van der Waals surface area contributed by atoms with Gasteiger partial charge in [0, 0.05) is 12.0 Å². The Kier molecular flexibility index (Phi) is 4.03. The second kappa shape index (κ2) is 5.29. The van der Waals surface area contributed by atoms with E-state index in [-0.39, 0.29) is 11.9 Å². The molecule has 0 aliphatic heterocycles. The number of aldehydes is 1. The fourth-order valence-electron chi connectivity index (χ4n) is 1.16. The van der Waals surface area contributed by atoms with Crippen LogP contribution in [0.4, 0.5) is 0 Å². The molecule has 1 aromatic carbocycles. The van der Waals surface area contributed by atoms with Crippen LogP contribution >= 0.6 is 0 Å². The monoisotopic (exact) mass is 206 g/mol. The van der Waals surface area contributed by atoms with Gasteiger partial charge in [-0.3, -0.25) is 9.59 Å². The van der Waals surface area contributed by atoms with Gasteiger partial charge in [-0.05, 0) is 18.1 Å². The molecule has 15 heavy (non-hydrogen) atoms. The molecule has 0 atom stereocenters. The van der Waals surface area contributed by atoms with E-state index in [0.29, 0.717) is 17.7 Å². The lowest BCUT2D eigenvalue weighted by Crippen LogP contribution is -2.10. The van der Waals surface area contributed by atoms with Crippen LogP contribution in [0, 0.1) is 5.92 Å². The fourth-order valence-corrected chi connectivity index (χ4v) is 1.16. The Balaban J connectivity index is 2.64. The summed E-state index contributed by atoms with van der Waals surface area (Å²) in [6.45, 7) is 3.90. The zero-order valence-corrected chi connectivity index (χ0v) is 8.90. The molecule has 80 valence electrons. The lowest BCUT2D eigenvalue weighted by molar-refractivity contribution is -0.135. The van der Waals surface area contributed by atoms with Crippen molar-refractivity contribution in [1.29, 1.82) is 0 Å². The molecule has 1 rings (SSSR count). The van der Waals surface area contributed by atoms with Crippen LogP contribution in [0.15, 0.2) is 24.3 Å². The summed E-state index contributed by atoms with van der Waals surface area (Å²) >= 11 is 0. The lowest BCUT2D eigenvalue weighted by Gasteiger charge is -2.06. The zero-order valence-electron chi connectivity index (χ0n) is 8.90. The van der Waals surface area contributed by atoms with Gasteiger partial charge in [-0.1, -0.05) is 26.0 Å². The van der Waals surface area contributed by atoms with Gasteiger partial charge < -0.3 is 4.74 Å². The van der Waals surface area contributed by atoms with Crippen molar-refractivity contribution in [2.45, 2.75) is 20.3 Å². The van der Waals surface area contributed by atoms with Gasteiger partial charge in [0.05, 0.1) is 0 Å². The average molecular weight is 206 g/mol. The van der Waals surface area contributed by atoms with Crippen LogP contribution in [0.1, 0.15) is 30.6 Å². The van der Waals surface area contributed by atoms with Crippen LogP contribution in [0.2, 0.25) is 0 Å². The first-order chi connectivity index (χ1) is 7.11. The van der Waals surface area contributed by atoms with Crippen molar-refractivity contribution < 1.29 is 14.3 Å². The standard InChI is InChI=1S/C12H14O3/c1-9(2)6-12(14)15-11-5-3-4-10(7-11)8-13/h3-5,7-9H,6H2,1-2H3. The molecule has 0 saturated heterocycles. The molecule has 3 nitrogen and oxygen atoms in total. The van der Waals surface area contributed by atoms with E-state index in [1.807, 2.05) is 13.8 Å². The smallest absolute Gasteiger partial charge is 0.311 e. The highest BCUT2D eigenvalue weighted by atomic mass is 16.5. The Morgan fingerprint density at radius 1 is 1.47 bits per heavy atom. The maximum Gasteiger partial charge on any atom is 0.311 e. The summed E-state index contributed by atoms with van der Waals surface area (Å²) in [5.74, 6) is 0.421. The van der Waals surface area contributed by atoms with Crippen molar-refractivity contribution in [3.05, 3.63) is 29.8 Å². The molecule has 0 amide bonds. The number of hydrogen-bond acceptors (Lipinski definition) is 3. The maximum atomic E-state index is 11.3. The van der Waals surface area contributed by atoms with Crippen molar-refractivity contribution in [2.75, 3.05) is 0 Å². The fraction of sp³-hybridized carbons (Fsp3) is 0.333.